The summed E-state index contributed by atoms with van der Waals surface area (Å²) in [4.78, 5) is 13.8. The molecule has 0 atom stereocenters. The average molecular weight is 228 g/mol. The highest BCUT2D eigenvalue weighted by molar-refractivity contribution is 5.77. The molecule has 0 aliphatic rings. The minimum Gasteiger partial charge on any atom is -0.355 e. The van der Waals surface area contributed by atoms with Crippen molar-refractivity contribution in [3.05, 3.63) is 0 Å². The average Bonchev–Trinajstić information content (AvgIpc) is 2.25. The van der Waals surface area contributed by atoms with Gasteiger partial charge < -0.3 is 5.32 Å². The second-order valence-corrected chi connectivity index (χ2v) is 4.33. The fourth-order valence-electron chi connectivity index (χ4n) is 1.76. The third-order valence-electron chi connectivity index (χ3n) is 2.55. The van der Waals surface area contributed by atoms with Crippen molar-refractivity contribution in [2.45, 2.75) is 52.9 Å². The molecule has 0 bridgehead atoms. The summed E-state index contributed by atoms with van der Waals surface area (Å²) in [6.45, 7) is 9.93. The second-order valence-electron chi connectivity index (χ2n) is 4.33. The van der Waals surface area contributed by atoms with E-state index in [4.69, 9.17) is 0 Å². The van der Waals surface area contributed by atoms with E-state index in [2.05, 4.69) is 31.0 Å². The van der Waals surface area contributed by atoms with Gasteiger partial charge in [0.2, 0.25) is 5.91 Å². The highest BCUT2D eigenvalue weighted by Crippen LogP contribution is 1.94. The zero-order valence-electron chi connectivity index (χ0n) is 11.2. The molecule has 0 aliphatic heterocycles. The van der Waals surface area contributed by atoms with Crippen molar-refractivity contribution in [3.8, 4) is 0 Å². The lowest BCUT2D eigenvalue weighted by atomic mass is 10.2. The molecule has 0 saturated heterocycles. The van der Waals surface area contributed by atoms with Crippen LogP contribution in [0.15, 0.2) is 0 Å². The highest BCUT2D eigenvalue weighted by atomic mass is 16.2. The lowest BCUT2D eigenvalue weighted by Crippen LogP contribution is -2.38. The number of nitrogens with one attached hydrogen (secondary N) is 1. The van der Waals surface area contributed by atoms with Crippen LogP contribution in [0.5, 0.6) is 0 Å². The largest absolute Gasteiger partial charge is 0.355 e. The number of hydrogen-bond acceptors (Lipinski definition) is 2. The van der Waals surface area contributed by atoms with Crippen LogP contribution in [-0.4, -0.2) is 37.0 Å². The fraction of sp³-hybridized carbons (Fsp3) is 0.923. The van der Waals surface area contributed by atoms with E-state index in [9.17, 15) is 4.79 Å². The van der Waals surface area contributed by atoms with E-state index in [0.29, 0.717) is 6.54 Å². The topological polar surface area (TPSA) is 32.3 Å². The molecule has 96 valence electrons. The molecule has 3 nitrogen and oxygen atoms in total. The lowest BCUT2D eigenvalue weighted by molar-refractivity contribution is -0.122. The summed E-state index contributed by atoms with van der Waals surface area (Å²) in [5.41, 5.74) is 0. The van der Waals surface area contributed by atoms with Gasteiger partial charge in [0.1, 0.15) is 0 Å². The minimum absolute atomic E-state index is 0.179. The number of unbranched alkanes of at least 4 members (excludes halogenated alkanes) is 2. The van der Waals surface area contributed by atoms with Gasteiger partial charge in [0.15, 0.2) is 0 Å². The van der Waals surface area contributed by atoms with Crippen molar-refractivity contribution in [2.24, 2.45) is 0 Å². The standard InChI is InChI=1S/C13H28N2O/c1-4-7-8-9-14-13(16)12-15(10-5-2)11-6-3/h4-12H2,1-3H3,(H,14,16). The third kappa shape index (κ3) is 8.72. The van der Waals surface area contributed by atoms with Crippen molar-refractivity contribution in [3.63, 3.8) is 0 Å². The predicted octanol–water partition coefficient (Wildman–Crippen LogP) is 2.41. The smallest absolute Gasteiger partial charge is 0.234 e. The normalized spacial score (nSPS) is 10.8. The Labute approximate surface area is 101 Å². The van der Waals surface area contributed by atoms with Crippen LogP contribution < -0.4 is 5.32 Å². The molecule has 0 fully saturated rings. The van der Waals surface area contributed by atoms with Gasteiger partial charge in [-0.15, -0.1) is 0 Å². The van der Waals surface area contributed by atoms with Gasteiger partial charge in [0.05, 0.1) is 6.54 Å². The molecule has 0 aromatic carbocycles. The predicted molar refractivity (Wildman–Crippen MR) is 69.6 cm³/mol. The number of hydrogen-bond donors (Lipinski definition) is 1. The maximum Gasteiger partial charge on any atom is 0.234 e. The van der Waals surface area contributed by atoms with Crippen LogP contribution in [0.4, 0.5) is 0 Å². The van der Waals surface area contributed by atoms with E-state index < -0.39 is 0 Å². The van der Waals surface area contributed by atoms with Gasteiger partial charge in [-0.1, -0.05) is 33.6 Å². The molecule has 0 rings (SSSR count). The third-order valence-corrected chi connectivity index (χ3v) is 2.55. The van der Waals surface area contributed by atoms with Crippen LogP contribution in [0.1, 0.15) is 52.9 Å². The van der Waals surface area contributed by atoms with E-state index in [-0.39, 0.29) is 5.91 Å². The van der Waals surface area contributed by atoms with Gasteiger partial charge in [-0.3, -0.25) is 9.69 Å². The van der Waals surface area contributed by atoms with Crippen molar-refractivity contribution in [1.82, 2.24) is 10.2 Å². The van der Waals surface area contributed by atoms with Crippen LogP contribution in [0.2, 0.25) is 0 Å². The first-order chi connectivity index (χ1) is 7.74. The summed E-state index contributed by atoms with van der Waals surface area (Å²) in [7, 11) is 0. The van der Waals surface area contributed by atoms with Crippen LogP contribution >= 0.6 is 0 Å². The Hall–Kier alpha value is -0.570. The number of carbonyl (C=O) groups is 1. The molecule has 3 heteroatoms. The van der Waals surface area contributed by atoms with Gasteiger partial charge in [-0.25, -0.2) is 0 Å². The molecule has 1 amide bonds. The molecule has 0 aromatic rings. The zero-order chi connectivity index (χ0) is 12.2. The zero-order valence-corrected chi connectivity index (χ0v) is 11.2. The number of rotatable bonds is 10. The van der Waals surface area contributed by atoms with Gasteiger partial charge in [-0.2, -0.15) is 0 Å². The molecule has 0 spiro atoms. The summed E-state index contributed by atoms with van der Waals surface area (Å²) >= 11 is 0. The monoisotopic (exact) mass is 228 g/mol. The first-order valence-electron chi connectivity index (χ1n) is 6.73. The van der Waals surface area contributed by atoms with Crippen molar-refractivity contribution in [2.75, 3.05) is 26.2 Å². The van der Waals surface area contributed by atoms with Crippen LogP contribution in [0, 0.1) is 0 Å². The second kappa shape index (κ2) is 10.9. The van der Waals surface area contributed by atoms with Crippen molar-refractivity contribution in [1.29, 1.82) is 0 Å². The molecule has 0 saturated carbocycles. The first kappa shape index (κ1) is 15.4. The Bertz CT molecular complexity index is 165. The summed E-state index contributed by atoms with van der Waals surface area (Å²) in [6, 6.07) is 0. The lowest BCUT2D eigenvalue weighted by Gasteiger charge is -2.20. The van der Waals surface area contributed by atoms with Gasteiger partial charge in [0, 0.05) is 6.54 Å². The fourth-order valence-corrected chi connectivity index (χ4v) is 1.76. The van der Waals surface area contributed by atoms with Crippen LogP contribution in [0.3, 0.4) is 0 Å². The molecule has 0 heterocycles. The molecular formula is C13H28N2O. The molecule has 0 radical (unpaired) electrons. The Kier molecular flexibility index (Phi) is 10.5. The molecule has 0 unspecified atom stereocenters. The number of amides is 1. The van der Waals surface area contributed by atoms with Gasteiger partial charge in [0.25, 0.3) is 0 Å². The Balaban J connectivity index is 3.63. The molecule has 0 aromatic heterocycles. The number of nitrogens with zero attached hydrogens (tertiary/aromatic N) is 1. The first-order valence-corrected chi connectivity index (χ1v) is 6.73. The Morgan fingerprint density at radius 3 is 2.12 bits per heavy atom. The van der Waals surface area contributed by atoms with Crippen LogP contribution in [-0.2, 0) is 4.79 Å². The maximum absolute atomic E-state index is 11.6. The Morgan fingerprint density at radius 2 is 1.62 bits per heavy atom. The molecule has 0 aliphatic carbocycles. The van der Waals surface area contributed by atoms with E-state index in [1.807, 2.05) is 0 Å². The SMILES string of the molecule is CCCCCNC(=O)CN(CCC)CCC. The van der Waals surface area contributed by atoms with Crippen molar-refractivity contribution >= 4 is 5.91 Å². The van der Waals surface area contributed by atoms with E-state index >= 15 is 0 Å². The quantitative estimate of drug-likeness (QED) is 0.582. The van der Waals surface area contributed by atoms with Crippen LogP contribution in [0.25, 0.3) is 0 Å². The minimum atomic E-state index is 0.179. The van der Waals surface area contributed by atoms with Crippen molar-refractivity contribution < 1.29 is 4.79 Å². The van der Waals surface area contributed by atoms with Gasteiger partial charge >= 0.3 is 0 Å². The van der Waals surface area contributed by atoms with E-state index in [1.54, 1.807) is 0 Å². The Morgan fingerprint density at radius 1 is 1.00 bits per heavy atom. The highest BCUT2D eigenvalue weighted by Gasteiger charge is 2.07. The number of carbonyl (C=O) groups excluding carboxylic acids is 1. The van der Waals surface area contributed by atoms with E-state index in [1.165, 1.54) is 12.8 Å². The molecule has 16 heavy (non-hydrogen) atoms. The van der Waals surface area contributed by atoms with E-state index in [0.717, 1.165) is 38.9 Å². The summed E-state index contributed by atoms with van der Waals surface area (Å²) in [6.07, 6.45) is 5.73. The summed E-state index contributed by atoms with van der Waals surface area (Å²) < 4.78 is 0. The molecule has 1 N–H and O–H groups in total. The summed E-state index contributed by atoms with van der Waals surface area (Å²) in [5, 5.41) is 2.98. The molecular weight excluding hydrogens is 200 g/mol. The maximum atomic E-state index is 11.6. The van der Waals surface area contributed by atoms with Gasteiger partial charge in [-0.05, 0) is 32.4 Å². The summed E-state index contributed by atoms with van der Waals surface area (Å²) in [5.74, 6) is 0.179.